The van der Waals surface area contributed by atoms with E-state index in [0.717, 1.165) is 23.9 Å². The Morgan fingerprint density at radius 3 is 2.95 bits per heavy atom. The molecule has 1 aromatic carbocycles. The van der Waals surface area contributed by atoms with Crippen LogP contribution in [0.4, 0.5) is 0 Å². The molecule has 102 valence electrons. The summed E-state index contributed by atoms with van der Waals surface area (Å²) in [5.74, 6) is 0. The van der Waals surface area contributed by atoms with Crippen LogP contribution in [0.15, 0.2) is 34.9 Å². The van der Waals surface area contributed by atoms with Gasteiger partial charge in [-0.3, -0.25) is 5.10 Å². The fourth-order valence-corrected chi connectivity index (χ4v) is 2.54. The highest BCUT2D eigenvalue weighted by atomic mass is 79.9. The molecule has 0 aliphatic carbocycles. The number of aromatic nitrogens is 2. The molecule has 19 heavy (non-hydrogen) atoms. The molecule has 4 heteroatoms. The van der Waals surface area contributed by atoms with Crippen LogP contribution in [0.3, 0.4) is 0 Å². The summed E-state index contributed by atoms with van der Waals surface area (Å²) in [6.45, 7) is 5.28. The van der Waals surface area contributed by atoms with Crippen molar-refractivity contribution >= 4 is 15.9 Å². The number of nitrogens with zero attached hydrogens (tertiary/aromatic N) is 1. The standard InChI is InChI=1S/C15H20BrN3/c1-11(13-5-3-7-15(16)9-13)17-8-4-6-14-10-18-19-12(14)2/h3,5,7,9-11,17H,4,6,8H2,1-2H3,(H,18,19). The molecule has 2 N–H and O–H groups in total. The van der Waals surface area contributed by atoms with Crippen molar-refractivity contribution in [2.45, 2.75) is 32.7 Å². The minimum atomic E-state index is 0.378. The van der Waals surface area contributed by atoms with Gasteiger partial charge < -0.3 is 5.32 Å². The molecule has 3 nitrogen and oxygen atoms in total. The molecular weight excluding hydrogens is 302 g/mol. The van der Waals surface area contributed by atoms with Crippen molar-refractivity contribution in [1.82, 2.24) is 15.5 Å². The molecule has 1 atom stereocenters. The second-order valence-electron chi connectivity index (χ2n) is 4.85. The molecule has 0 saturated heterocycles. The van der Waals surface area contributed by atoms with Gasteiger partial charge in [-0.1, -0.05) is 28.1 Å². The van der Waals surface area contributed by atoms with Gasteiger partial charge in [-0.15, -0.1) is 0 Å². The lowest BCUT2D eigenvalue weighted by Crippen LogP contribution is -2.20. The summed E-state index contributed by atoms with van der Waals surface area (Å²) < 4.78 is 1.13. The van der Waals surface area contributed by atoms with Crippen molar-refractivity contribution in [3.05, 3.63) is 51.8 Å². The third-order valence-corrected chi connectivity index (χ3v) is 3.85. The highest BCUT2D eigenvalue weighted by Gasteiger charge is 2.05. The average Bonchev–Trinajstić information content (AvgIpc) is 2.80. The highest BCUT2D eigenvalue weighted by molar-refractivity contribution is 9.10. The van der Waals surface area contributed by atoms with Gasteiger partial charge in [-0.05, 0) is 56.5 Å². The van der Waals surface area contributed by atoms with Gasteiger partial charge in [0.05, 0.1) is 6.20 Å². The Labute approximate surface area is 122 Å². The maximum atomic E-state index is 4.04. The van der Waals surface area contributed by atoms with Crippen LogP contribution in [-0.2, 0) is 6.42 Å². The average molecular weight is 322 g/mol. The van der Waals surface area contributed by atoms with Crippen LogP contribution >= 0.6 is 15.9 Å². The van der Waals surface area contributed by atoms with Gasteiger partial charge in [0.15, 0.2) is 0 Å². The fraction of sp³-hybridized carbons (Fsp3) is 0.400. The van der Waals surface area contributed by atoms with E-state index in [1.807, 2.05) is 6.20 Å². The number of aryl methyl sites for hydroxylation is 2. The minimum Gasteiger partial charge on any atom is -0.310 e. The van der Waals surface area contributed by atoms with Crippen LogP contribution in [0, 0.1) is 6.92 Å². The molecule has 0 bridgehead atoms. The molecule has 0 saturated carbocycles. The van der Waals surface area contributed by atoms with Crippen molar-refractivity contribution in [3.8, 4) is 0 Å². The Bertz CT molecular complexity index is 522. The number of hydrogen-bond donors (Lipinski definition) is 2. The van der Waals surface area contributed by atoms with E-state index in [-0.39, 0.29) is 0 Å². The first-order valence-electron chi connectivity index (χ1n) is 6.64. The molecule has 1 aromatic heterocycles. The highest BCUT2D eigenvalue weighted by Crippen LogP contribution is 2.17. The largest absolute Gasteiger partial charge is 0.310 e. The summed E-state index contributed by atoms with van der Waals surface area (Å²) in [6, 6.07) is 8.83. The van der Waals surface area contributed by atoms with Gasteiger partial charge in [-0.2, -0.15) is 5.10 Å². The van der Waals surface area contributed by atoms with Crippen molar-refractivity contribution in [2.24, 2.45) is 0 Å². The minimum absolute atomic E-state index is 0.378. The van der Waals surface area contributed by atoms with Gasteiger partial charge in [0.1, 0.15) is 0 Å². The maximum absolute atomic E-state index is 4.04. The number of H-pyrrole nitrogens is 1. The Balaban J connectivity index is 1.75. The Hall–Kier alpha value is -1.13. The van der Waals surface area contributed by atoms with Crippen molar-refractivity contribution in [1.29, 1.82) is 0 Å². The third kappa shape index (κ3) is 4.18. The number of aromatic amines is 1. The molecule has 0 radical (unpaired) electrons. The topological polar surface area (TPSA) is 40.7 Å². The summed E-state index contributed by atoms with van der Waals surface area (Å²) >= 11 is 3.51. The molecule has 0 aliphatic rings. The first kappa shape index (κ1) is 14.3. The number of hydrogen-bond acceptors (Lipinski definition) is 2. The molecule has 0 aliphatic heterocycles. The van der Waals surface area contributed by atoms with E-state index in [9.17, 15) is 0 Å². The predicted octanol–water partition coefficient (Wildman–Crippen LogP) is 3.76. The lowest BCUT2D eigenvalue weighted by atomic mass is 10.1. The SMILES string of the molecule is Cc1[nH]ncc1CCCNC(C)c1cccc(Br)c1. The number of nitrogens with one attached hydrogen (secondary N) is 2. The van der Waals surface area contributed by atoms with E-state index < -0.39 is 0 Å². The smallest absolute Gasteiger partial charge is 0.0522 e. The first-order chi connectivity index (χ1) is 9.16. The van der Waals surface area contributed by atoms with Gasteiger partial charge >= 0.3 is 0 Å². The summed E-state index contributed by atoms with van der Waals surface area (Å²) in [7, 11) is 0. The molecule has 2 aromatic rings. The van der Waals surface area contributed by atoms with Gasteiger partial charge in [0.2, 0.25) is 0 Å². The molecule has 1 unspecified atom stereocenters. The van der Waals surface area contributed by atoms with E-state index in [1.165, 1.54) is 16.8 Å². The van der Waals surface area contributed by atoms with Crippen LogP contribution in [-0.4, -0.2) is 16.7 Å². The van der Waals surface area contributed by atoms with Crippen LogP contribution in [0.25, 0.3) is 0 Å². The zero-order valence-corrected chi connectivity index (χ0v) is 13.0. The Kier molecular flexibility index (Phi) is 5.16. The zero-order valence-electron chi connectivity index (χ0n) is 11.4. The summed E-state index contributed by atoms with van der Waals surface area (Å²) in [4.78, 5) is 0. The van der Waals surface area contributed by atoms with Crippen molar-refractivity contribution < 1.29 is 0 Å². The quantitative estimate of drug-likeness (QED) is 0.795. The van der Waals surface area contributed by atoms with E-state index in [4.69, 9.17) is 0 Å². The lowest BCUT2D eigenvalue weighted by molar-refractivity contribution is 0.558. The maximum Gasteiger partial charge on any atom is 0.0522 e. The van der Waals surface area contributed by atoms with E-state index in [0.29, 0.717) is 6.04 Å². The van der Waals surface area contributed by atoms with Crippen LogP contribution in [0.2, 0.25) is 0 Å². The van der Waals surface area contributed by atoms with Crippen LogP contribution in [0.5, 0.6) is 0 Å². The third-order valence-electron chi connectivity index (χ3n) is 3.36. The predicted molar refractivity (Wildman–Crippen MR) is 82.2 cm³/mol. The molecule has 0 amide bonds. The molecule has 0 fully saturated rings. The number of rotatable bonds is 6. The van der Waals surface area contributed by atoms with E-state index >= 15 is 0 Å². The van der Waals surface area contributed by atoms with Crippen LogP contribution in [0.1, 0.15) is 36.2 Å². The summed E-state index contributed by atoms with van der Waals surface area (Å²) in [5, 5.41) is 10.6. The second-order valence-corrected chi connectivity index (χ2v) is 5.77. The van der Waals surface area contributed by atoms with E-state index in [1.54, 1.807) is 0 Å². The first-order valence-corrected chi connectivity index (χ1v) is 7.44. The molecule has 2 rings (SSSR count). The van der Waals surface area contributed by atoms with Crippen LogP contribution < -0.4 is 5.32 Å². The summed E-state index contributed by atoms with van der Waals surface area (Å²) in [5.41, 5.74) is 3.81. The van der Waals surface area contributed by atoms with Gasteiger partial charge in [-0.25, -0.2) is 0 Å². The Morgan fingerprint density at radius 1 is 1.42 bits per heavy atom. The molecule has 1 heterocycles. The molecule has 0 spiro atoms. The normalized spacial score (nSPS) is 12.6. The molecular formula is C15H20BrN3. The number of benzene rings is 1. The lowest BCUT2D eigenvalue weighted by Gasteiger charge is -2.14. The van der Waals surface area contributed by atoms with Crippen molar-refractivity contribution in [2.75, 3.05) is 6.54 Å². The second kappa shape index (κ2) is 6.87. The monoisotopic (exact) mass is 321 g/mol. The van der Waals surface area contributed by atoms with E-state index in [2.05, 4.69) is 69.6 Å². The van der Waals surface area contributed by atoms with Crippen molar-refractivity contribution in [3.63, 3.8) is 0 Å². The number of halogens is 1. The summed E-state index contributed by atoms with van der Waals surface area (Å²) in [6.07, 6.45) is 4.12. The van der Waals surface area contributed by atoms with Gasteiger partial charge in [0, 0.05) is 16.2 Å². The zero-order chi connectivity index (χ0) is 13.7. The Morgan fingerprint density at radius 2 is 2.26 bits per heavy atom. The van der Waals surface area contributed by atoms with Gasteiger partial charge in [0.25, 0.3) is 0 Å². The fourth-order valence-electron chi connectivity index (χ4n) is 2.12.